The number of rotatable bonds is 6. The van der Waals surface area contributed by atoms with Crippen molar-refractivity contribution < 1.29 is 4.79 Å². The van der Waals surface area contributed by atoms with Crippen molar-refractivity contribution in [1.29, 1.82) is 0 Å². The molecule has 3 N–H and O–H groups in total. The molecule has 0 unspecified atom stereocenters. The SMILES string of the molecule is CCCN(CC1CCNCC1)c1nccnc1C(N)=O. The van der Waals surface area contributed by atoms with Crippen LogP contribution in [0.25, 0.3) is 0 Å². The van der Waals surface area contributed by atoms with E-state index in [4.69, 9.17) is 5.73 Å². The van der Waals surface area contributed by atoms with Crippen LogP contribution >= 0.6 is 0 Å². The lowest BCUT2D eigenvalue weighted by Crippen LogP contribution is -2.38. The molecule has 0 aromatic carbocycles. The van der Waals surface area contributed by atoms with Gasteiger partial charge in [0, 0.05) is 25.5 Å². The lowest BCUT2D eigenvalue weighted by molar-refractivity contribution is 0.0995. The zero-order chi connectivity index (χ0) is 14.4. The molecule has 1 aromatic rings. The summed E-state index contributed by atoms with van der Waals surface area (Å²) in [6, 6.07) is 0. The first-order valence-electron chi connectivity index (χ1n) is 7.28. The molecule has 2 heterocycles. The molecule has 0 atom stereocenters. The van der Waals surface area contributed by atoms with Crippen molar-refractivity contribution in [2.75, 3.05) is 31.1 Å². The van der Waals surface area contributed by atoms with E-state index in [2.05, 4.69) is 27.1 Å². The highest BCUT2D eigenvalue weighted by molar-refractivity contribution is 5.95. The molecule has 1 aliphatic rings. The normalized spacial score (nSPS) is 16.1. The molecule has 0 saturated carbocycles. The van der Waals surface area contributed by atoms with Gasteiger partial charge in [-0.05, 0) is 38.3 Å². The van der Waals surface area contributed by atoms with Crippen molar-refractivity contribution >= 4 is 11.7 Å². The third-order valence-electron chi connectivity index (χ3n) is 3.64. The number of hydrogen-bond acceptors (Lipinski definition) is 5. The van der Waals surface area contributed by atoms with Crippen LogP contribution in [-0.2, 0) is 0 Å². The number of anilines is 1. The molecule has 1 amide bonds. The van der Waals surface area contributed by atoms with Gasteiger partial charge in [-0.3, -0.25) is 4.79 Å². The summed E-state index contributed by atoms with van der Waals surface area (Å²) in [5, 5.41) is 3.37. The topological polar surface area (TPSA) is 84.1 Å². The van der Waals surface area contributed by atoms with Crippen LogP contribution < -0.4 is 16.0 Å². The number of primary amides is 1. The minimum absolute atomic E-state index is 0.273. The van der Waals surface area contributed by atoms with Crippen molar-refractivity contribution in [1.82, 2.24) is 15.3 Å². The molecule has 110 valence electrons. The summed E-state index contributed by atoms with van der Waals surface area (Å²) in [7, 11) is 0. The first-order chi connectivity index (χ1) is 9.72. The van der Waals surface area contributed by atoms with E-state index in [0.29, 0.717) is 11.7 Å². The number of aromatic nitrogens is 2. The molecule has 0 aliphatic carbocycles. The van der Waals surface area contributed by atoms with Gasteiger partial charge >= 0.3 is 0 Å². The summed E-state index contributed by atoms with van der Waals surface area (Å²) in [4.78, 5) is 22.1. The first kappa shape index (κ1) is 14.7. The van der Waals surface area contributed by atoms with Gasteiger partial charge < -0.3 is 16.0 Å². The van der Waals surface area contributed by atoms with Crippen LogP contribution in [0.1, 0.15) is 36.7 Å². The maximum Gasteiger partial charge on any atom is 0.271 e. The van der Waals surface area contributed by atoms with Crippen molar-refractivity contribution in [3.05, 3.63) is 18.1 Å². The van der Waals surface area contributed by atoms with Crippen LogP contribution in [0.3, 0.4) is 0 Å². The second-order valence-electron chi connectivity index (χ2n) is 5.23. The third kappa shape index (κ3) is 3.66. The first-order valence-corrected chi connectivity index (χ1v) is 7.28. The standard InChI is InChI=1S/C14H23N5O/c1-2-9-19(10-11-3-5-16-6-4-11)14-12(13(15)20)17-7-8-18-14/h7-8,11,16H,2-6,9-10H2,1H3,(H2,15,20). The van der Waals surface area contributed by atoms with Gasteiger partial charge in [0.15, 0.2) is 11.5 Å². The van der Waals surface area contributed by atoms with Crippen LogP contribution in [-0.4, -0.2) is 42.1 Å². The Morgan fingerprint density at radius 2 is 2.10 bits per heavy atom. The molecule has 2 rings (SSSR count). The van der Waals surface area contributed by atoms with Crippen molar-refractivity contribution in [2.24, 2.45) is 11.7 Å². The molecule has 20 heavy (non-hydrogen) atoms. The molecule has 0 radical (unpaired) electrons. The lowest BCUT2D eigenvalue weighted by Gasteiger charge is -2.31. The van der Waals surface area contributed by atoms with E-state index in [9.17, 15) is 4.79 Å². The fourth-order valence-electron chi connectivity index (χ4n) is 2.67. The van der Waals surface area contributed by atoms with Gasteiger partial charge in [-0.15, -0.1) is 0 Å². The van der Waals surface area contributed by atoms with Gasteiger partial charge in [0.2, 0.25) is 0 Å². The molecule has 6 heteroatoms. The minimum atomic E-state index is -0.514. The number of nitrogens with zero attached hydrogens (tertiary/aromatic N) is 3. The number of amides is 1. The Balaban J connectivity index is 2.16. The molecule has 1 fully saturated rings. The van der Waals surface area contributed by atoms with E-state index in [1.807, 2.05) is 0 Å². The Hall–Kier alpha value is -1.69. The summed E-state index contributed by atoms with van der Waals surface area (Å²) in [6.07, 6.45) is 6.45. The number of nitrogens with one attached hydrogen (secondary N) is 1. The molecule has 1 saturated heterocycles. The predicted molar refractivity (Wildman–Crippen MR) is 78.6 cm³/mol. The van der Waals surface area contributed by atoms with Crippen LogP contribution in [0, 0.1) is 5.92 Å². The molecule has 0 bridgehead atoms. The number of piperidine rings is 1. The van der Waals surface area contributed by atoms with Crippen molar-refractivity contribution in [2.45, 2.75) is 26.2 Å². The van der Waals surface area contributed by atoms with E-state index in [1.54, 1.807) is 6.20 Å². The van der Waals surface area contributed by atoms with Crippen LogP contribution in [0.5, 0.6) is 0 Å². The Bertz CT molecular complexity index is 445. The van der Waals surface area contributed by atoms with Gasteiger partial charge in [0.05, 0.1) is 0 Å². The van der Waals surface area contributed by atoms with Gasteiger partial charge in [-0.25, -0.2) is 9.97 Å². The van der Waals surface area contributed by atoms with E-state index in [-0.39, 0.29) is 5.69 Å². The maximum atomic E-state index is 11.5. The van der Waals surface area contributed by atoms with E-state index >= 15 is 0 Å². The summed E-state index contributed by atoms with van der Waals surface area (Å²) in [5.41, 5.74) is 5.68. The largest absolute Gasteiger partial charge is 0.364 e. The van der Waals surface area contributed by atoms with Crippen LogP contribution in [0.2, 0.25) is 0 Å². The lowest BCUT2D eigenvalue weighted by atomic mass is 9.97. The molecule has 6 nitrogen and oxygen atoms in total. The Morgan fingerprint density at radius 1 is 1.40 bits per heavy atom. The van der Waals surface area contributed by atoms with Crippen LogP contribution in [0.15, 0.2) is 12.4 Å². The summed E-state index contributed by atoms with van der Waals surface area (Å²) >= 11 is 0. The third-order valence-corrected chi connectivity index (χ3v) is 3.64. The molecule has 1 aliphatic heterocycles. The van der Waals surface area contributed by atoms with E-state index in [1.165, 1.54) is 6.20 Å². The monoisotopic (exact) mass is 277 g/mol. The maximum absolute atomic E-state index is 11.5. The van der Waals surface area contributed by atoms with Gasteiger partial charge in [0.25, 0.3) is 5.91 Å². The summed E-state index contributed by atoms with van der Waals surface area (Å²) < 4.78 is 0. The van der Waals surface area contributed by atoms with E-state index < -0.39 is 5.91 Å². The van der Waals surface area contributed by atoms with Crippen LogP contribution in [0.4, 0.5) is 5.82 Å². The fraction of sp³-hybridized carbons (Fsp3) is 0.643. The molecular weight excluding hydrogens is 254 g/mol. The average molecular weight is 277 g/mol. The second kappa shape index (κ2) is 7.19. The van der Waals surface area contributed by atoms with E-state index in [0.717, 1.165) is 45.4 Å². The highest BCUT2D eigenvalue weighted by Gasteiger charge is 2.21. The zero-order valence-corrected chi connectivity index (χ0v) is 12.0. The summed E-state index contributed by atoms with van der Waals surface area (Å²) in [6.45, 7) is 6.02. The smallest absolute Gasteiger partial charge is 0.271 e. The zero-order valence-electron chi connectivity index (χ0n) is 12.0. The number of carbonyl (C=O) groups excluding carboxylic acids is 1. The molecular formula is C14H23N5O. The van der Waals surface area contributed by atoms with Gasteiger partial charge in [-0.1, -0.05) is 6.92 Å². The Kier molecular flexibility index (Phi) is 5.29. The summed E-state index contributed by atoms with van der Waals surface area (Å²) in [5.74, 6) is 0.741. The molecule has 1 aromatic heterocycles. The average Bonchev–Trinajstić information content (AvgIpc) is 2.48. The van der Waals surface area contributed by atoms with Gasteiger partial charge in [0.1, 0.15) is 0 Å². The number of hydrogen-bond donors (Lipinski definition) is 2. The number of carbonyl (C=O) groups is 1. The number of nitrogens with two attached hydrogens (primary N) is 1. The second-order valence-corrected chi connectivity index (χ2v) is 5.23. The Morgan fingerprint density at radius 3 is 2.75 bits per heavy atom. The minimum Gasteiger partial charge on any atom is -0.364 e. The van der Waals surface area contributed by atoms with Gasteiger partial charge in [-0.2, -0.15) is 0 Å². The highest BCUT2D eigenvalue weighted by atomic mass is 16.1. The Labute approximate surface area is 119 Å². The van der Waals surface area contributed by atoms with Crippen molar-refractivity contribution in [3.63, 3.8) is 0 Å². The quantitative estimate of drug-likeness (QED) is 0.803. The molecule has 0 spiro atoms. The fourth-order valence-corrected chi connectivity index (χ4v) is 2.67. The predicted octanol–water partition coefficient (Wildman–Crippen LogP) is 0.791. The van der Waals surface area contributed by atoms with Crippen molar-refractivity contribution in [3.8, 4) is 0 Å². The highest BCUT2D eigenvalue weighted by Crippen LogP contribution is 2.20.